The lowest BCUT2D eigenvalue weighted by atomic mass is 10.0. The summed E-state index contributed by atoms with van der Waals surface area (Å²) in [4.78, 5) is -0.796. The van der Waals surface area contributed by atoms with Gasteiger partial charge in [0.2, 0.25) is 0 Å². The number of alkyl halides is 1. The van der Waals surface area contributed by atoms with Gasteiger partial charge in [0, 0.05) is 27.7 Å². The molecule has 0 heterocycles. The molecule has 0 saturated carbocycles. The fourth-order valence-electron chi connectivity index (χ4n) is 1.85. The van der Waals surface area contributed by atoms with Crippen LogP contribution in [0.4, 0.5) is 13.2 Å². The molecule has 0 N–H and O–H groups in total. The van der Waals surface area contributed by atoms with Gasteiger partial charge in [0.05, 0.1) is 11.9 Å². The van der Waals surface area contributed by atoms with E-state index in [0.29, 0.717) is 23.4 Å². The van der Waals surface area contributed by atoms with Crippen LogP contribution in [0.25, 0.3) is 0 Å². The first kappa shape index (κ1) is 15.4. The fourth-order valence-corrected chi connectivity index (χ4v) is 3.03. The van der Waals surface area contributed by atoms with E-state index in [1.165, 1.54) is 7.11 Å². The summed E-state index contributed by atoms with van der Waals surface area (Å²) in [6, 6.07) is 6.40. The molecular weight excluding hydrogens is 401 g/mol. The number of rotatable bonds is 3. The number of methoxy groups -OCH3 is 1. The lowest BCUT2D eigenvalue weighted by Gasteiger charge is -2.16. The molecule has 0 spiro atoms. The first-order valence-electron chi connectivity index (χ1n) is 5.56. The Balaban J connectivity index is 2.57. The van der Waals surface area contributed by atoms with E-state index in [4.69, 9.17) is 4.74 Å². The van der Waals surface area contributed by atoms with Crippen LogP contribution in [0.5, 0.6) is 5.75 Å². The standard InChI is InChI=1S/C14H9Br2F3O/c1-20-12-3-2-7(15)4-9(12)14(16)13-10(18)5-8(17)6-11(13)19/h2-6,14H,1H3. The molecule has 0 bridgehead atoms. The van der Waals surface area contributed by atoms with Crippen molar-refractivity contribution >= 4 is 31.9 Å². The van der Waals surface area contributed by atoms with Crippen molar-refractivity contribution in [2.45, 2.75) is 4.83 Å². The van der Waals surface area contributed by atoms with Crippen LogP contribution < -0.4 is 4.74 Å². The lowest BCUT2D eigenvalue weighted by molar-refractivity contribution is 0.409. The predicted octanol–water partition coefficient (Wildman–Crippen LogP) is 5.36. The molecule has 0 aliphatic carbocycles. The normalized spacial score (nSPS) is 12.3. The highest BCUT2D eigenvalue weighted by atomic mass is 79.9. The minimum Gasteiger partial charge on any atom is -0.496 e. The summed E-state index contributed by atoms with van der Waals surface area (Å²) in [5, 5.41) is 0. The summed E-state index contributed by atoms with van der Waals surface area (Å²) in [5.74, 6) is -2.39. The Hall–Kier alpha value is -1.01. The number of benzene rings is 2. The zero-order valence-electron chi connectivity index (χ0n) is 10.3. The minimum absolute atomic E-state index is 0.261. The van der Waals surface area contributed by atoms with Gasteiger partial charge in [-0.05, 0) is 18.2 Å². The van der Waals surface area contributed by atoms with Gasteiger partial charge in [0.1, 0.15) is 23.2 Å². The van der Waals surface area contributed by atoms with Gasteiger partial charge < -0.3 is 4.74 Å². The van der Waals surface area contributed by atoms with Crippen LogP contribution in [0.15, 0.2) is 34.8 Å². The molecule has 0 radical (unpaired) electrons. The van der Waals surface area contributed by atoms with Crippen molar-refractivity contribution in [3.05, 3.63) is 63.4 Å². The molecule has 2 aromatic rings. The van der Waals surface area contributed by atoms with Gasteiger partial charge in [0.15, 0.2) is 0 Å². The van der Waals surface area contributed by atoms with Crippen LogP contribution in [-0.4, -0.2) is 7.11 Å². The van der Waals surface area contributed by atoms with E-state index < -0.39 is 22.3 Å². The van der Waals surface area contributed by atoms with Crippen molar-refractivity contribution in [3.8, 4) is 5.75 Å². The smallest absolute Gasteiger partial charge is 0.133 e. The van der Waals surface area contributed by atoms with E-state index in [-0.39, 0.29) is 5.56 Å². The third-order valence-electron chi connectivity index (χ3n) is 2.76. The van der Waals surface area contributed by atoms with E-state index in [2.05, 4.69) is 31.9 Å². The largest absolute Gasteiger partial charge is 0.496 e. The second kappa shape index (κ2) is 6.18. The van der Waals surface area contributed by atoms with Crippen molar-refractivity contribution in [1.29, 1.82) is 0 Å². The van der Waals surface area contributed by atoms with Gasteiger partial charge in [-0.3, -0.25) is 0 Å². The topological polar surface area (TPSA) is 9.23 Å². The Bertz CT molecular complexity index is 623. The summed E-state index contributed by atoms with van der Waals surface area (Å²) in [6.45, 7) is 0. The number of halogens is 5. The molecule has 106 valence electrons. The molecule has 1 nitrogen and oxygen atoms in total. The highest BCUT2D eigenvalue weighted by Crippen LogP contribution is 2.40. The van der Waals surface area contributed by atoms with Gasteiger partial charge in [-0.25, -0.2) is 13.2 Å². The van der Waals surface area contributed by atoms with Crippen LogP contribution in [-0.2, 0) is 0 Å². The Labute approximate surface area is 131 Å². The van der Waals surface area contributed by atoms with Crippen LogP contribution in [0.1, 0.15) is 16.0 Å². The molecule has 6 heteroatoms. The molecule has 0 aromatic heterocycles. The van der Waals surface area contributed by atoms with Crippen molar-refractivity contribution in [2.24, 2.45) is 0 Å². The van der Waals surface area contributed by atoms with Crippen LogP contribution in [0.3, 0.4) is 0 Å². The Morgan fingerprint density at radius 2 is 1.65 bits per heavy atom. The van der Waals surface area contributed by atoms with E-state index in [9.17, 15) is 13.2 Å². The maximum Gasteiger partial charge on any atom is 0.133 e. The third-order valence-corrected chi connectivity index (χ3v) is 4.21. The molecule has 2 aromatic carbocycles. The Morgan fingerprint density at radius 3 is 2.20 bits per heavy atom. The highest BCUT2D eigenvalue weighted by molar-refractivity contribution is 9.10. The van der Waals surface area contributed by atoms with E-state index in [1.54, 1.807) is 18.2 Å². The molecule has 1 unspecified atom stereocenters. The van der Waals surface area contributed by atoms with Crippen molar-refractivity contribution in [3.63, 3.8) is 0 Å². The van der Waals surface area contributed by atoms with Crippen LogP contribution in [0, 0.1) is 17.5 Å². The number of hydrogen-bond donors (Lipinski definition) is 0. The van der Waals surface area contributed by atoms with Crippen molar-refractivity contribution in [2.75, 3.05) is 7.11 Å². The van der Waals surface area contributed by atoms with E-state index >= 15 is 0 Å². The first-order chi connectivity index (χ1) is 9.43. The number of ether oxygens (including phenoxy) is 1. The maximum atomic E-state index is 13.8. The monoisotopic (exact) mass is 408 g/mol. The van der Waals surface area contributed by atoms with Crippen molar-refractivity contribution < 1.29 is 17.9 Å². The summed E-state index contributed by atoms with van der Waals surface area (Å²) in [7, 11) is 1.46. The van der Waals surface area contributed by atoms with Gasteiger partial charge in [0.25, 0.3) is 0 Å². The van der Waals surface area contributed by atoms with Gasteiger partial charge in [-0.1, -0.05) is 31.9 Å². The quantitative estimate of drug-likeness (QED) is 0.620. The molecule has 0 saturated heterocycles. The summed E-state index contributed by atoms with van der Waals surface area (Å²) in [5.41, 5.74) is 0.272. The van der Waals surface area contributed by atoms with Gasteiger partial charge in [-0.2, -0.15) is 0 Å². The third kappa shape index (κ3) is 3.01. The summed E-state index contributed by atoms with van der Waals surface area (Å²) < 4.78 is 46.5. The second-order valence-corrected chi connectivity index (χ2v) is 5.86. The van der Waals surface area contributed by atoms with E-state index in [1.807, 2.05) is 0 Å². The number of hydrogen-bond acceptors (Lipinski definition) is 1. The van der Waals surface area contributed by atoms with Crippen LogP contribution in [0.2, 0.25) is 0 Å². The van der Waals surface area contributed by atoms with Crippen molar-refractivity contribution in [1.82, 2.24) is 0 Å². The zero-order chi connectivity index (χ0) is 14.9. The molecule has 0 amide bonds. The molecule has 0 aliphatic heterocycles. The van der Waals surface area contributed by atoms with E-state index in [0.717, 1.165) is 4.47 Å². The molecule has 1 atom stereocenters. The molecule has 20 heavy (non-hydrogen) atoms. The summed E-state index contributed by atoms with van der Waals surface area (Å²) >= 11 is 6.53. The predicted molar refractivity (Wildman–Crippen MR) is 77.8 cm³/mol. The average molecular weight is 410 g/mol. The minimum atomic E-state index is -0.954. The SMILES string of the molecule is COc1ccc(Br)cc1C(Br)c1c(F)cc(F)cc1F. The Kier molecular flexibility index (Phi) is 4.75. The lowest BCUT2D eigenvalue weighted by Crippen LogP contribution is -2.03. The molecule has 0 aliphatic rings. The molecule has 0 fully saturated rings. The summed E-state index contributed by atoms with van der Waals surface area (Å²) in [6.07, 6.45) is 0. The van der Waals surface area contributed by atoms with Gasteiger partial charge in [-0.15, -0.1) is 0 Å². The Morgan fingerprint density at radius 1 is 1.05 bits per heavy atom. The highest BCUT2D eigenvalue weighted by Gasteiger charge is 2.23. The average Bonchev–Trinajstić information content (AvgIpc) is 2.37. The molecular formula is C14H9Br2F3O. The maximum absolute atomic E-state index is 13.8. The zero-order valence-corrected chi connectivity index (χ0v) is 13.4. The van der Waals surface area contributed by atoms with Gasteiger partial charge >= 0.3 is 0 Å². The fraction of sp³-hybridized carbons (Fsp3) is 0.143. The first-order valence-corrected chi connectivity index (χ1v) is 7.27. The van der Waals surface area contributed by atoms with Crippen LogP contribution >= 0.6 is 31.9 Å². The second-order valence-electron chi connectivity index (χ2n) is 4.03. The molecule has 2 rings (SSSR count).